The van der Waals surface area contributed by atoms with Crippen molar-refractivity contribution >= 4 is 43.5 Å². The maximum Gasteiger partial charge on any atom is 0.244 e. The minimum Gasteiger partial charge on any atom is -0.350 e. The van der Waals surface area contributed by atoms with Gasteiger partial charge in [-0.15, -0.1) is 0 Å². The Labute approximate surface area is 238 Å². The van der Waals surface area contributed by atoms with Gasteiger partial charge in [-0.2, -0.15) is 0 Å². The van der Waals surface area contributed by atoms with Crippen molar-refractivity contribution in [1.29, 1.82) is 0 Å². The zero-order chi connectivity index (χ0) is 28.8. The number of carbonyl (C=O) groups excluding carboxylic acids is 2. The molecule has 208 valence electrons. The van der Waals surface area contributed by atoms with E-state index in [1.54, 1.807) is 36.4 Å². The number of halogens is 2. The molecule has 39 heavy (non-hydrogen) atoms. The quantitative estimate of drug-likeness (QED) is 0.350. The van der Waals surface area contributed by atoms with Gasteiger partial charge >= 0.3 is 0 Å². The van der Waals surface area contributed by atoms with Gasteiger partial charge in [-0.1, -0.05) is 60.7 Å². The number of amides is 2. The lowest BCUT2D eigenvalue weighted by molar-refractivity contribution is -0.140. The molecule has 0 saturated heterocycles. The van der Waals surface area contributed by atoms with Crippen molar-refractivity contribution in [3.63, 3.8) is 0 Å². The van der Waals surface area contributed by atoms with Crippen LogP contribution in [0.2, 0.25) is 0 Å². The molecule has 1 atom stereocenters. The van der Waals surface area contributed by atoms with Gasteiger partial charge < -0.3 is 10.2 Å². The van der Waals surface area contributed by atoms with Crippen molar-refractivity contribution in [3.05, 3.63) is 100 Å². The molecular weight excluding hydrogens is 585 g/mol. The summed E-state index contributed by atoms with van der Waals surface area (Å²) in [4.78, 5) is 28.9. The SMILES string of the molecule is CC(C)(C)NC(=O)C(Cc1ccccc1)N(Cc1ccccc1F)C(=O)CN(c1ccccc1Br)S(C)(=O)=O. The highest BCUT2D eigenvalue weighted by molar-refractivity contribution is 9.10. The van der Waals surface area contributed by atoms with E-state index >= 15 is 0 Å². The Kier molecular flexibility index (Phi) is 9.90. The smallest absolute Gasteiger partial charge is 0.244 e. The van der Waals surface area contributed by atoms with Crippen LogP contribution < -0.4 is 9.62 Å². The zero-order valence-corrected chi connectivity index (χ0v) is 24.8. The lowest BCUT2D eigenvalue weighted by Crippen LogP contribution is -2.56. The first-order chi connectivity index (χ1) is 18.3. The van der Waals surface area contributed by atoms with E-state index in [4.69, 9.17) is 0 Å². The highest BCUT2D eigenvalue weighted by atomic mass is 79.9. The molecule has 3 aromatic rings. The van der Waals surface area contributed by atoms with E-state index < -0.39 is 45.8 Å². The first-order valence-electron chi connectivity index (χ1n) is 12.4. The molecule has 0 bridgehead atoms. The zero-order valence-electron chi connectivity index (χ0n) is 22.4. The van der Waals surface area contributed by atoms with Gasteiger partial charge in [0.15, 0.2) is 0 Å². The van der Waals surface area contributed by atoms with E-state index in [0.717, 1.165) is 16.1 Å². The normalized spacial score (nSPS) is 12.5. The maximum absolute atomic E-state index is 14.8. The molecule has 3 rings (SSSR count). The summed E-state index contributed by atoms with van der Waals surface area (Å²) in [5.41, 5.74) is 0.674. The van der Waals surface area contributed by atoms with Crippen molar-refractivity contribution < 1.29 is 22.4 Å². The Morgan fingerprint density at radius 1 is 0.949 bits per heavy atom. The average molecular weight is 619 g/mol. The Balaban J connectivity index is 2.10. The predicted molar refractivity (Wildman–Crippen MR) is 155 cm³/mol. The molecule has 0 heterocycles. The molecule has 7 nitrogen and oxygen atoms in total. The second kappa shape index (κ2) is 12.7. The summed E-state index contributed by atoms with van der Waals surface area (Å²) in [5.74, 6) is -1.61. The third-order valence-corrected chi connectivity index (χ3v) is 7.67. The average Bonchev–Trinajstić information content (AvgIpc) is 2.85. The molecule has 0 radical (unpaired) electrons. The number of hydrogen-bond acceptors (Lipinski definition) is 4. The standard InChI is InChI=1S/C29H33BrFN3O4S/c1-29(2,3)32-28(36)26(18-21-12-6-5-7-13-21)33(19-22-14-8-10-16-24(22)31)27(35)20-34(39(4,37)38)25-17-11-9-15-23(25)30/h5-17,26H,18-20H2,1-4H3,(H,32,36). The molecule has 0 aromatic heterocycles. The summed E-state index contributed by atoms with van der Waals surface area (Å²) in [6.45, 7) is 4.67. The van der Waals surface area contributed by atoms with Crippen LogP contribution in [-0.4, -0.2) is 49.5 Å². The van der Waals surface area contributed by atoms with E-state index in [1.165, 1.54) is 17.0 Å². The van der Waals surface area contributed by atoms with Crippen molar-refractivity contribution in [2.75, 3.05) is 17.1 Å². The molecule has 0 aliphatic heterocycles. The van der Waals surface area contributed by atoms with E-state index in [1.807, 2.05) is 51.1 Å². The number of nitrogens with one attached hydrogen (secondary N) is 1. The van der Waals surface area contributed by atoms with Crippen LogP contribution in [0, 0.1) is 5.82 Å². The molecule has 1 unspecified atom stereocenters. The monoisotopic (exact) mass is 617 g/mol. The molecule has 1 N–H and O–H groups in total. The predicted octanol–water partition coefficient (Wildman–Crippen LogP) is 4.91. The molecule has 10 heteroatoms. The number of sulfonamides is 1. The Bertz CT molecular complexity index is 1410. The molecule has 0 spiro atoms. The summed E-state index contributed by atoms with van der Waals surface area (Å²) >= 11 is 3.36. The number of hydrogen-bond donors (Lipinski definition) is 1. The molecule has 0 fully saturated rings. The van der Waals surface area contributed by atoms with Crippen LogP contribution in [0.15, 0.2) is 83.3 Å². The van der Waals surface area contributed by atoms with Gasteiger partial charge in [0, 0.05) is 28.5 Å². The van der Waals surface area contributed by atoms with Gasteiger partial charge in [0.05, 0.1) is 11.9 Å². The second-order valence-electron chi connectivity index (χ2n) is 10.3. The van der Waals surface area contributed by atoms with Crippen LogP contribution in [0.5, 0.6) is 0 Å². The van der Waals surface area contributed by atoms with E-state index in [9.17, 15) is 22.4 Å². The molecule has 0 saturated carbocycles. The summed E-state index contributed by atoms with van der Waals surface area (Å²) in [6, 6.07) is 20.8. The minimum absolute atomic E-state index is 0.150. The van der Waals surface area contributed by atoms with Gasteiger partial charge in [-0.25, -0.2) is 12.8 Å². The Morgan fingerprint density at radius 2 is 1.54 bits per heavy atom. The fourth-order valence-electron chi connectivity index (χ4n) is 4.07. The largest absolute Gasteiger partial charge is 0.350 e. The summed E-state index contributed by atoms with van der Waals surface area (Å²) < 4.78 is 41.9. The van der Waals surface area contributed by atoms with Crippen LogP contribution in [0.3, 0.4) is 0 Å². The van der Waals surface area contributed by atoms with Gasteiger partial charge in [0.1, 0.15) is 18.4 Å². The number of benzene rings is 3. The van der Waals surface area contributed by atoms with Crippen molar-refractivity contribution in [3.8, 4) is 0 Å². The van der Waals surface area contributed by atoms with Gasteiger partial charge in [-0.3, -0.25) is 13.9 Å². The maximum atomic E-state index is 14.8. The molecule has 2 amide bonds. The highest BCUT2D eigenvalue weighted by Gasteiger charge is 2.35. The van der Waals surface area contributed by atoms with Gasteiger partial charge in [0.2, 0.25) is 21.8 Å². The molecule has 0 aliphatic carbocycles. The van der Waals surface area contributed by atoms with Gasteiger partial charge in [0.25, 0.3) is 0 Å². The third-order valence-electron chi connectivity index (χ3n) is 5.87. The number of para-hydroxylation sites is 1. The van der Waals surface area contributed by atoms with E-state index in [-0.39, 0.29) is 24.2 Å². The van der Waals surface area contributed by atoms with E-state index in [0.29, 0.717) is 4.47 Å². The topological polar surface area (TPSA) is 86.8 Å². The lowest BCUT2D eigenvalue weighted by atomic mass is 10.0. The van der Waals surface area contributed by atoms with Crippen molar-refractivity contribution in [1.82, 2.24) is 10.2 Å². The number of nitrogens with zero attached hydrogens (tertiary/aromatic N) is 2. The van der Waals surface area contributed by atoms with Crippen LogP contribution in [0.25, 0.3) is 0 Å². The number of rotatable bonds is 10. The fourth-order valence-corrected chi connectivity index (χ4v) is 5.54. The van der Waals surface area contributed by atoms with Crippen molar-refractivity contribution in [2.24, 2.45) is 0 Å². The third kappa shape index (κ3) is 8.63. The Morgan fingerprint density at radius 3 is 2.13 bits per heavy atom. The lowest BCUT2D eigenvalue weighted by Gasteiger charge is -2.35. The Hall–Kier alpha value is -3.24. The highest BCUT2D eigenvalue weighted by Crippen LogP contribution is 2.28. The minimum atomic E-state index is -3.90. The molecule has 0 aliphatic rings. The van der Waals surface area contributed by atoms with Crippen LogP contribution in [0.1, 0.15) is 31.9 Å². The first kappa shape index (κ1) is 30.3. The van der Waals surface area contributed by atoms with E-state index in [2.05, 4.69) is 21.2 Å². The summed E-state index contributed by atoms with van der Waals surface area (Å²) in [5, 5.41) is 2.93. The fraction of sp³-hybridized carbons (Fsp3) is 0.310. The molecule has 3 aromatic carbocycles. The molecular formula is C29H33BrFN3O4S. The van der Waals surface area contributed by atoms with Gasteiger partial charge in [-0.05, 0) is 60.5 Å². The number of carbonyl (C=O) groups is 2. The number of anilines is 1. The summed E-state index contributed by atoms with van der Waals surface area (Å²) in [6.07, 6.45) is 1.16. The van der Waals surface area contributed by atoms with Crippen molar-refractivity contribution in [2.45, 2.75) is 45.3 Å². The summed E-state index contributed by atoms with van der Waals surface area (Å²) in [7, 11) is -3.90. The van der Waals surface area contributed by atoms with Crippen LogP contribution >= 0.6 is 15.9 Å². The van der Waals surface area contributed by atoms with Crippen LogP contribution in [0.4, 0.5) is 10.1 Å². The van der Waals surface area contributed by atoms with Crippen LogP contribution in [-0.2, 0) is 32.6 Å². The first-order valence-corrected chi connectivity index (χ1v) is 15.0. The second-order valence-corrected chi connectivity index (χ2v) is 13.0.